The van der Waals surface area contributed by atoms with Crippen molar-refractivity contribution in [3.8, 4) is 78.1 Å². The predicted molar refractivity (Wildman–Crippen MR) is 465 cm³/mol. The first-order valence-corrected chi connectivity index (χ1v) is 37.5. The summed E-state index contributed by atoms with van der Waals surface area (Å²) >= 11 is 0. The summed E-state index contributed by atoms with van der Waals surface area (Å²) in [4.78, 5) is 3.96. The lowest BCUT2D eigenvalue weighted by atomic mass is 9.33. The molecule has 5 heteroatoms. The molecular weight excluding hydrogens is 1320 g/mol. The summed E-state index contributed by atoms with van der Waals surface area (Å²) in [5.74, 6) is -0.216. The van der Waals surface area contributed by atoms with Crippen molar-refractivity contribution in [3.05, 3.63) is 356 Å². The van der Waals surface area contributed by atoms with Crippen LogP contribution < -0.4 is 26.2 Å². The molecule has 0 saturated heterocycles. The van der Waals surface area contributed by atoms with E-state index in [-0.39, 0.29) is 61.8 Å². The monoisotopic (exact) mass is 1420 g/mol. The Morgan fingerprint density at radius 1 is 0.312 bits per heavy atom. The summed E-state index contributed by atoms with van der Waals surface area (Å²) in [5.41, 5.74) is 11.6. The fraction of sp³-hybridized carbons (Fsp3) is 0.135. The maximum absolute atomic E-state index is 10.2. The molecule has 109 heavy (non-hydrogen) atoms. The van der Waals surface area contributed by atoms with E-state index in [1.165, 1.54) is 0 Å². The Labute approximate surface area is 668 Å². The molecule has 0 amide bonds. The molecule has 2 aromatic heterocycles. The van der Waals surface area contributed by atoms with E-state index < -0.39 is 138 Å². The summed E-state index contributed by atoms with van der Waals surface area (Å²) < 4.78 is 200. The predicted octanol–water partition coefficient (Wildman–Crippen LogP) is 26.6. The van der Waals surface area contributed by atoms with Gasteiger partial charge in [0, 0.05) is 77.9 Å². The van der Waals surface area contributed by atoms with Crippen LogP contribution in [0.25, 0.3) is 122 Å². The summed E-state index contributed by atoms with van der Waals surface area (Å²) in [6.07, 6.45) is 3.94. The molecule has 1 aliphatic carbocycles. The first-order valence-electron chi connectivity index (χ1n) is 47.5. The number of para-hydroxylation sites is 4. The fourth-order valence-corrected chi connectivity index (χ4v) is 17.5. The molecule has 0 spiro atoms. The van der Waals surface area contributed by atoms with Crippen LogP contribution in [-0.2, 0) is 10.8 Å². The maximum atomic E-state index is 10.2. The highest BCUT2D eigenvalue weighted by atomic mass is 15.2. The Morgan fingerprint density at radius 2 is 0.642 bits per heavy atom. The van der Waals surface area contributed by atoms with E-state index in [0.29, 0.717) is 63.1 Å². The summed E-state index contributed by atoms with van der Waals surface area (Å²) in [5, 5.41) is 4.24. The number of hydrogen-bond donors (Lipinski definition) is 0. The number of aromatic nitrogens is 2. The third-order valence-corrected chi connectivity index (χ3v) is 22.7. The number of benzene rings is 15. The van der Waals surface area contributed by atoms with E-state index in [2.05, 4.69) is 118 Å². The van der Waals surface area contributed by atoms with Gasteiger partial charge in [0.1, 0.15) is 0 Å². The minimum Gasteiger partial charge on any atom is -0.310 e. The van der Waals surface area contributed by atoms with Gasteiger partial charge in [-0.2, -0.15) is 0 Å². The molecule has 0 radical (unpaired) electrons. The van der Waals surface area contributed by atoms with Gasteiger partial charge in [0.25, 0.3) is 6.71 Å². The van der Waals surface area contributed by atoms with Crippen molar-refractivity contribution in [2.75, 3.05) is 9.80 Å². The summed E-state index contributed by atoms with van der Waals surface area (Å²) in [7, 11) is 0. The lowest BCUT2D eigenvalue weighted by Gasteiger charge is -2.46. The highest BCUT2D eigenvalue weighted by molar-refractivity contribution is 7.00. The quantitative estimate of drug-likeness (QED) is 0.120. The average molecular weight is 1420 g/mol. The zero-order chi connectivity index (χ0) is 90.6. The third-order valence-electron chi connectivity index (χ3n) is 22.7. The van der Waals surface area contributed by atoms with Gasteiger partial charge in [-0.05, 0) is 204 Å². The van der Waals surface area contributed by atoms with Crippen molar-refractivity contribution in [1.29, 1.82) is 0 Å². The number of anilines is 6. The molecule has 1 fully saturated rings. The van der Waals surface area contributed by atoms with E-state index in [1.807, 2.05) is 136 Å². The number of hydrogen-bond acceptors (Lipinski definition) is 2. The van der Waals surface area contributed by atoms with E-state index in [9.17, 15) is 21.9 Å². The van der Waals surface area contributed by atoms with Gasteiger partial charge in [-0.25, -0.2) is 0 Å². The first-order chi connectivity index (χ1) is 61.6. The molecule has 2 aliphatic heterocycles. The number of fused-ring (bicyclic) bond motifs is 10. The Kier molecular flexibility index (Phi) is 11.5. The Morgan fingerprint density at radius 3 is 0.982 bits per heavy atom. The lowest BCUT2D eigenvalue weighted by Crippen LogP contribution is -2.61. The molecular formula is C104H85BN4. The van der Waals surface area contributed by atoms with Crippen LogP contribution in [0.2, 0.25) is 0 Å². The smallest absolute Gasteiger partial charge is 0.252 e. The second kappa shape index (κ2) is 26.2. The molecule has 1 saturated carbocycles. The van der Waals surface area contributed by atoms with Gasteiger partial charge in [0.05, 0.1) is 60.9 Å². The Hall–Kier alpha value is -12.4. The van der Waals surface area contributed by atoms with Gasteiger partial charge >= 0.3 is 0 Å². The van der Waals surface area contributed by atoms with Gasteiger partial charge in [0.15, 0.2) is 0 Å². The first kappa shape index (κ1) is 48.0. The molecule has 0 N–H and O–H groups in total. The summed E-state index contributed by atoms with van der Waals surface area (Å²) in [6, 6.07) is 60.9. The van der Waals surface area contributed by atoms with E-state index in [4.69, 9.17) is 5.48 Å². The van der Waals surface area contributed by atoms with Crippen LogP contribution in [0.5, 0.6) is 0 Å². The van der Waals surface area contributed by atoms with Gasteiger partial charge in [0.2, 0.25) is 0 Å². The Bertz CT molecular complexity index is 6900. The van der Waals surface area contributed by atoms with Crippen LogP contribution in [0.3, 0.4) is 0 Å². The van der Waals surface area contributed by atoms with Crippen molar-refractivity contribution >= 4 is 101 Å². The molecule has 4 heterocycles. The zero-order valence-electron chi connectivity index (χ0n) is 81.3. The minimum atomic E-state index is -0.946. The highest BCUT2D eigenvalue weighted by Gasteiger charge is 2.46. The topological polar surface area (TPSA) is 16.3 Å². The van der Waals surface area contributed by atoms with E-state index in [1.54, 1.807) is 24.3 Å². The van der Waals surface area contributed by atoms with Crippen LogP contribution in [0.4, 0.5) is 34.1 Å². The second-order valence-electron chi connectivity index (χ2n) is 31.1. The van der Waals surface area contributed by atoms with Crippen LogP contribution in [0.15, 0.2) is 339 Å². The molecule has 0 unspecified atom stereocenters. The van der Waals surface area contributed by atoms with Crippen molar-refractivity contribution < 1.29 is 27.4 Å². The highest BCUT2D eigenvalue weighted by Crippen LogP contribution is 2.56. The standard InChI is InChI=1S/C104H85BN4/c1-103(2,3)78-64-86(69-34-14-8-15-35-69)101(87(65-78)70-36-16-9-17-37-70)108-96-56-54-75(73-42-30-44-80(58-73)106-92-50-26-22-46-82(92)83-47-23-27-51-93(83)106)60-90(96)105-91-61-76(74-43-31-45-81(59-74)107-94-52-28-24-48-84(94)85-49-25-29-53-95(85)107)55-57-97(91)109(99-63-77(62-98(108)100(99)105)68-32-12-7-13-33-68)102-88(71-38-18-10-19-39-71)66-79(104(4,5)6)67-89(102)72-40-20-11-21-41-72/h8-11,14-31,34-68H,7,12-13,32-33H2,1-6H3/i8D,9D,10D,11D,14D,15D,16D,17D,18D,19D,20D,21D,34D,35D,36D,37D,38D,39D,40D,41D. The van der Waals surface area contributed by atoms with E-state index in [0.717, 1.165) is 102 Å². The maximum Gasteiger partial charge on any atom is 0.252 e. The lowest BCUT2D eigenvalue weighted by molar-refractivity contribution is 0.444. The van der Waals surface area contributed by atoms with Gasteiger partial charge in [-0.15, -0.1) is 0 Å². The molecule has 0 bridgehead atoms. The molecule has 524 valence electrons. The van der Waals surface area contributed by atoms with Crippen LogP contribution in [-0.4, -0.2) is 15.8 Å². The normalized spacial score (nSPS) is 16.3. The molecule has 0 atom stereocenters. The zero-order valence-corrected chi connectivity index (χ0v) is 61.3. The van der Waals surface area contributed by atoms with Crippen LogP contribution in [0, 0.1) is 0 Å². The van der Waals surface area contributed by atoms with E-state index >= 15 is 0 Å². The van der Waals surface area contributed by atoms with Crippen molar-refractivity contribution in [2.45, 2.75) is 90.4 Å². The van der Waals surface area contributed by atoms with Crippen molar-refractivity contribution in [1.82, 2.24) is 9.13 Å². The van der Waals surface area contributed by atoms with Gasteiger partial charge < -0.3 is 18.9 Å². The van der Waals surface area contributed by atoms with Crippen molar-refractivity contribution in [2.24, 2.45) is 0 Å². The van der Waals surface area contributed by atoms with Crippen LogP contribution in [0.1, 0.15) is 124 Å². The molecule has 4 nitrogen and oxygen atoms in total. The Balaban J connectivity index is 1.00. The molecule has 17 aromatic rings. The average Bonchev–Trinajstić information content (AvgIpc) is 1.28. The number of nitrogens with zero attached hydrogens (tertiary/aromatic N) is 4. The summed E-state index contributed by atoms with van der Waals surface area (Å²) in [6.45, 7) is 10.7. The minimum absolute atomic E-state index is 0.0496. The third kappa shape index (κ3) is 11.2. The second-order valence-corrected chi connectivity index (χ2v) is 31.1. The molecule has 15 aromatic carbocycles. The number of rotatable bonds is 11. The fourth-order valence-electron chi connectivity index (χ4n) is 17.5. The van der Waals surface area contributed by atoms with Crippen molar-refractivity contribution in [3.63, 3.8) is 0 Å². The van der Waals surface area contributed by atoms with Gasteiger partial charge in [-0.1, -0.05) is 303 Å². The van der Waals surface area contributed by atoms with Gasteiger partial charge in [-0.3, -0.25) is 0 Å². The SMILES string of the molecule is [2H]c1c([2H])c([2H])c(-c2cc(C(C)(C)C)cc(-c3c([2H])c([2H])c([2H])c([2H])c3[2H])c2N2c3ccc(-c4cccc(-n5c6ccccc6c6ccccc65)c4)cc3B3c4cc(-c5cccc(-n6c7ccccc7c7ccccc76)c5)ccc4N(c4c(-c5c([2H])c([2H])c([2H])c([2H])c5[2H])cc(C(C)(C)C)cc4-c4c([2H])c([2H])c([2H])c([2H])c4[2H])c4cc(C5CCCCC5)cc2c43)c([2H])c1[2H]. The molecule has 20 rings (SSSR count). The largest absolute Gasteiger partial charge is 0.310 e. The molecule has 3 aliphatic rings. The van der Waals surface area contributed by atoms with Crippen LogP contribution >= 0.6 is 0 Å².